The zero-order valence-electron chi connectivity index (χ0n) is 25.8. The molecular formula is C36H45FN4O2. The number of rotatable bonds is 7. The third kappa shape index (κ3) is 7.63. The second kappa shape index (κ2) is 14.2. The number of carbonyl (C=O) groups is 2. The molecule has 0 spiro atoms. The molecule has 1 fully saturated rings. The number of halogens is 1. The third-order valence-electron chi connectivity index (χ3n) is 9.02. The van der Waals surface area contributed by atoms with E-state index in [2.05, 4.69) is 35.2 Å². The van der Waals surface area contributed by atoms with Crippen molar-refractivity contribution in [2.75, 3.05) is 36.5 Å². The predicted octanol–water partition coefficient (Wildman–Crippen LogP) is 6.50. The maximum absolute atomic E-state index is 14.0. The van der Waals surface area contributed by atoms with Gasteiger partial charge in [0.1, 0.15) is 5.82 Å². The van der Waals surface area contributed by atoms with E-state index in [0.717, 1.165) is 49.2 Å². The molecule has 228 valence electrons. The summed E-state index contributed by atoms with van der Waals surface area (Å²) in [6.07, 6.45) is 4.48. The van der Waals surface area contributed by atoms with Gasteiger partial charge in [-0.2, -0.15) is 0 Å². The Morgan fingerprint density at radius 1 is 0.907 bits per heavy atom. The SMILES string of the molecule is CC(C)C(=O)N1CCC2CCCC(CN(C(=O)CCN(C)c3ccc(F)cc3)Cc3ccccc31)N2Cc1ccccc1. The van der Waals surface area contributed by atoms with Gasteiger partial charge in [-0.05, 0) is 60.7 Å². The Morgan fingerprint density at radius 2 is 1.60 bits per heavy atom. The monoisotopic (exact) mass is 584 g/mol. The Morgan fingerprint density at radius 3 is 2.35 bits per heavy atom. The van der Waals surface area contributed by atoms with Gasteiger partial charge in [-0.3, -0.25) is 14.5 Å². The fourth-order valence-corrected chi connectivity index (χ4v) is 6.59. The van der Waals surface area contributed by atoms with Crippen LogP contribution in [0.2, 0.25) is 0 Å². The molecule has 0 saturated carbocycles. The molecule has 7 heteroatoms. The van der Waals surface area contributed by atoms with Crippen LogP contribution in [0.3, 0.4) is 0 Å². The van der Waals surface area contributed by atoms with Crippen molar-refractivity contribution in [1.29, 1.82) is 0 Å². The molecule has 5 rings (SSSR count). The van der Waals surface area contributed by atoms with E-state index in [1.807, 2.05) is 59.9 Å². The van der Waals surface area contributed by atoms with Crippen LogP contribution in [0.15, 0.2) is 78.9 Å². The molecule has 1 saturated heterocycles. The summed E-state index contributed by atoms with van der Waals surface area (Å²) in [5.74, 6) is -0.192. The van der Waals surface area contributed by atoms with Crippen molar-refractivity contribution in [3.05, 3.63) is 95.8 Å². The minimum absolute atomic E-state index is 0.0894. The van der Waals surface area contributed by atoms with E-state index in [1.165, 1.54) is 17.7 Å². The van der Waals surface area contributed by atoms with Gasteiger partial charge in [-0.1, -0.05) is 68.8 Å². The van der Waals surface area contributed by atoms with E-state index < -0.39 is 0 Å². The molecular weight excluding hydrogens is 539 g/mol. The second-order valence-electron chi connectivity index (χ2n) is 12.4. The molecule has 2 unspecified atom stereocenters. The Labute approximate surface area is 256 Å². The largest absolute Gasteiger partial charge is 0.374 e. The van der Waals surface area contributed by atoms with Gasteiger partial charge < -0.3 is 14.7 Å². The summed E-state index contributed by atoms with van der Waals surface area (Å²) in [4.78, 5) is 36.2. The zero-order chi connectivity index (χ0) is 30.3. The van der Waals surface area contributed by atoms with Crippen LogP contribution in [-0.2, 0) is 22.7 Å². The molecule has 3 aromatic rings. The van der Waals surface area contributed by atoms with Gasteiger partial charge in [0.2, 0.25) is 11.8 Å². The highest BCUT2D eigenvalue weighted by molar-refractivity contribution is 5.95. The quantitative estimate of drug-likeness (QED) is 0.318. The molecule has 2 aliphatic rings. The van der Waals surface area contributed by atoms with E-state index in [0.29, 0.717) is 38.6 Å². The van der Waals surface area contributed by atoms with Gasteiger partial charge in [0.05, 0.1) is 0 Å². The van der Waals surface area contributed by atoms with Crippen molar-refractivity contribution in [3.8, 4) is 0 Å². The number of hydrogen-bond acceptors (Lipinski definition) is 4. The Balaban J connectivity index is 1.46. The molecule has 0 aromatic heterocycles. The number of anilines is 2. The van der Waals surface area contributed by atoms with Crippen LogP contribution in [0.25, 0.3) is 0 Å². The van der Waals surface area contributed by atoms with E-state index in [4.69, 9.17) is 0 Å². The van der Waals surface area contributed by atoms with Crippen molar-refractivity contribution in [1.82, 2.24) is 9.80 Å². The number of carbonyl (C=O) groups excluding carboxylic acids is 2. The van der Waals surface area contributed by atoms with E-state index >= 15 is 0 Å². The highest BCUT2D eigenvalue weighted by Crippen LogP contribution is 2.32. The first-order valence-electron chi connectivity index (χ1n) is 15.7. The van der Waals surface area contributed by atoms with E-state index in [-0.39, 0.29) is 29.6 Å². The van der Waals surface area contributed by atoms with Gasteiger partial charge in [-0.15, -0.1) is 0 Å². The van der Waals surface area contributed by atoms with Crippen LogP contribution in [0.4, 0.5) is 15.8 Å². The van der Waals surface area contributed by atoms with Gasteiger partial charge >= 0.3 is 0 Å². The average Bonchev–Trinajstić information content (AvgIpc) is 3.02. The van der Waals surface area contributed by atoms with Crippen LogP contribution in [-0.4, -0.2) is 60.4 Å². The van der Waals surface area contributed by atoms with Crippen molar-refractivity contribution >= 4 is 23.2 Å². The lowest BCUT2D eigenvalue weighted by molar-refractivity contribution is -0.133. The summed E-state index contributed by atoms with van der Waals surface area (Å²) in [7, 11) is 1.94. The number of hydrogen-bond donors (Lipinski definition) is 0. The highest BCUT2D eigenvalue weighted by atomic mass is 19.1. The van der Waals surface area contributed by atoms with Crippen LogP contribution in [0, 0.1) is 11.7 Å². The lowest BCUT2D eigenvalue weighted by atomic mass is 9.92. The molecule has 43 heavy (non-hydrogen) atoms. The second-order valence-corrected chi connectivity index (χ2v) is 12.4. The molecule has 0 radical (unpaired) electrons. The number of fused-ring (bicyclic) bond motifs is 3. The van der Waals surface area contributed by atoms with Crippen LogP contribution < -0.4 is 9.80 Å². The minimum atomic E-state index is -0.272. The summed E-state index contributed by atoms with van der Waals surface area (Å²) in [5, 5.41) is 0. The summed E-state index contributed by atoms with van der Waals surface area (Å²) < 4.78 is 13.5. The Kier molecular flexibility index (Phi) is 10.1. The average molecular weight is 585 g/mol. The van der Waals surface area contributed by atoms with Crippen LogP contribution in [0.5, 0.6) is 0 Å². The van der Waals surface area contributed by atoms with Gasteiger partial charge in [-0.25, -0.2) is 4.39 Å². The molecule has 6 nitrogen and oxygen atoms in total. The normalized spacial score (nSPS) is 19.5. The molecule has 2 aliphatic heterocycles. The zero-order valence-corrected chi connectivity index (χ0v) is 25.8. The predicted molar refractivity (Wildman–Crippen MR) is 171 cm³/mol. The van der Waals surface area contributed by atoms with E-state index in [9.17, 15) is 14.0 Å². The number of amides is 2. The van der Waals surface area contributed by atoms with Gasteiger partial charge in [0.25, 0.3) is 0 Å². The summed E-state index contributed by atoms with van der Waals surface area (Å²) in [5.41, 5.74) is 4.06. The number of nitrogens with zero attached hydrogens (tertiary/aromatic N) is 4. The maximum Gasteiger partial charge on any atom is 0.229 e. The Hall–Kier alpha value is -3.71. The van der Waals surface area contributed by atoms with Crippen molar-refractivity contribution < 1.29 is 14.0 Å². The van der Waals surface area contributed by atoms with Crippen molar-refractivity contribution in [3.63, 3.8) is 0 Å². The first-order chi connectivity index (χ1) is 20.8. The molecule has 0 aliphatic carbocycles. The maximum atomic E-state index is 14.0. The lowest BCUT2D eigenvalue weighted by Gasteiger charge is -2.44. The Bertz CT molecular complexity index is 1360. The summed E-state index contributed by atoms with van der Waals surface area (Å²) in [6.45, 7) is 7.04. The summed E-state index contributed by atoms with van der Waals surface area (Å²) in [6, 6.07) is 25.6. The molecule has 2 heterocycles. The van der Waals surface area contributed by atoms with Crippen molar-refractivity contribution in [2.24, 2.45) is 5.92 Å². The van der Waals surface area contributed by atoms with Gasteiger partial charge in [0.15, 0.2) is 0 Å². The van der Waals surface area contributed by atoms with Crippen LogP contribution in [0.1, 0.15) is 57.1 Å². The molecule has 2 amide bonds. The molecule has 2 atom stereocenters. The summed E-state index contributed by atoms with van der Waals surface area (Å²) >= 11 is 0. The number of benzene rings is 3. The third-order valence-corrected chi connectivity index (χ3v) is 9.02. The number of piperidine rings is 1. The van der Waals surface area contributed by atoms with Crippen molar-refractivity contribution in [2.45, 2.75) is 71.1 Å². The van der Waals surface area contributed by atoms with E-state index in [1.54, 1.807) is 12.1 Å². The lowest BCUT2D eigenvalue weighted by Crippen LogP contribution is -2.52. The fourth-order valence-electron chi connectivity index (χ4n) is 6.59. The smallest absolute Gasteiger partial charge is 0.229 e. The van der Waals surface area contributed by atoms with Gasteiger partial charge in [0, 0.05) is 75.6 Å². The fraction of sp³-hybridized carbons (Fsp3) is 0.444. The highest BCUT2D eigenvalue weighted by Gasteiger charge is 2.35. The molecule has 2 bridgehead atoms. The van der Waals surface area contributed by atoms with Crippen LogP contribution >= 0.6 is 0 Å². The topological polar surface area (TPSA) is 47.1 Å². The number of para-hydroxylation sites is 1. The molecule has 0 N–H and O–H groups in total. The minimum Gasteiger partial charge on any atom is -0.374 e. The molecule has 3 aromatic carbocycles. The standard InChI is InChI=1S/C36H45FN4O2/c1-27(2)36(43)40-23-20-32-13-9-14-33(41(32)24-28-10-5-4-6-11-28)26-39(25-29-12-7-8-15-34(29)40)35(42)21-22-38(3)31-18-16-30(37)17-19-31/h4-8,10-12,15-19,27,32-33H,9,13-14,20-26H2,1-3H3. The first-order valence-corrected chi connectivity index (χ1v) is 15.7. The first kappa shape index (κ1) is 30.7.